The number of hydrogen-bond donors (Lipinski definition) is 6. The molecule has 356 valence electrons. The lowest BCUT2D eigenvalue weighted by atomic mass is 9.70. The molecule has 10 atom stereocenters. The molecule has 2 fully saturated rings. The lowest BCUT2D eigenvalue weighted by Gasteiger charge is -2.40. The van der Waals surface area contributed by atoms with Crippen LogP contribution in [0, 0.1) is 11.8 Å². The quantitative estimate of drug-likeness (QED) is 0.0945. The van der Waals surface area contributed by atoms with Gasteiger partial charge in [0.15, 0.2) is 22.4 Å². The second-order valence-electron chi connectivity index (χ2n) is 17.0. The maximum Gasteiger partial charge on any atom is 0.310 e. The van der Waals surface area contributed by atoms with E-state index < -0.39 is 64.3 Å². The number of pyridine rings is 2. The molecule has 13 nitrogen and oxygen atoms in total. The number of fused-ring (bicyclic) bond motifs is 6. The summed E-state index contributed by atoms with van der Waals surface area (Å²) < 4.78 is 14.6. The molecule has 4 aromatic carbocycles. The molecule has 0 bridgehead atoms. The number of nitrogens with zero attached hydrogens (tertiary/aromatic N) is 3. The number of aliphatic carboxylic acids is 1. The molecule has 6 aromatic rings. The Kier molecular flexibility index (Phi) is 14.8. The van der Waals surface area contributed by atoms with E-state index in [0.717, 1.165) is 14.5 Å². The number of amides is 1. The van der Waals surface area contributed by atoms with Crippen molar-refractivity contribution in [2.24, 2.45) is 11.8 Å². The normalized spacial score (nSPS) is 28.9. The molecule has 0 saturated heterocycles. The molecule has 1 amide bonds. The Morgan fingerprint density at radius 1 is 0.632 bits per heavy atom. The summed E-state index contributed by atoms with van der Waals surface area (Å²) >= 11 is 19.8. The minimum atomic E-state index is -2.13. The number of rotatable bonds is 6. The molecule has 18 heteroatoms. The lowest BCUT2D eigenvalue weighted by Crippen LogP contribution is -2.52. The van der Waals surface area contributed by atoms with Crippen LogP contribution in [0.4, 0.5) is 0 Å². The van der Waals surface area contributed by atoms with E-state index in [1.54, 1.807) is 62.6 Å². The number of nitrogens with one attached hydrogen (secondary N) is 1. The highest BCUT2D eigenvalue weighted by Crippen LogP contribution is 2.71. The predicted octanol–water partition coefficient (Wildman–Crippen LogP) is 7.93. The summed E-state index contributed by atoms with van der Waals surface area (Å²) in [5.74, 6) is -5.05. The number of aromatic nitrogens is 2. The highest BCUT2D eigenvalue weighted by atomic mass is 79.9. The van der Waals surface area contributed by atoms with Gasteiger partial charge < -0.3 is 45.2 Å². The summed E-state index contributed by atoms with van der Waals surface area (Å²) in [5.41, 5.74) is -4.42. The van der Waals surface area contributed by atoms with Crippen LogP contribution in [0.2, 0.25) is 10.0 Å². The van der Waals surface area contributed by atoms with E-state index in [4.69, 9.17) is 32.7 Å². The van der Waals surface area contributed by atoms with Gasteiger partial charge in [-0.05, 0) is 60.6 Å². The topological polar surface area (TPSA) is 195 Å². The molecular formula is C50H47Br2Cl3N4O9. The molecule has 4 aliphatic rings. The summed E-state index contributed by atoms with van der Waals surface area (Å²) in [7, 11) is 7.01. The van der Waals surface area contributed by atoms with Crippen molar-refractivity contribution in [3.05, 3.63) is 186 Å². The summed E-state index contributed by atoms with van der Waals surface area (Å²) in [6, 6.07) is 32.7. The number of aliphatic hydroxyl groups excluding tert-OH is 2. The first-order valence-corrected chi connectivity index (χ1v) is 23.4. The first-order chi connectivity index (χ1) is 32.0. The number of carboxylic acid groups (broad SMARTS) is 1. The fourth-order valence-corrected chi connectivity index (χ4v) is 11.8. The van der Waals surface area contributed by atoms with Crippen LogP contribution in [0.25, 0.3) is 0 Å². The average Bonchev–Trinajstić information content (AvgIpc) is 3.89. The molecule has 0 unspecified atom stereocenters. The van der Waals surface area contributed by atoms with E-state index >= 15 is 0 Å². The highest BCUT2D eigenvalue weighted by molar-refractivity contribution is 9.10. The van der Waals surface area contributed by atoms with Gasteiger partial charge in [0, 0.05) is 47.3 Å². The average molecular weight is 1110 g/mol. The lowest BCUT2D eigenvalue weighted by molar-refractivity contribution is -0.159. The Labute approximate surface area is 425 Å². The third-order valence-electron chi connectivity index (χ3n) is 13.2. The number of aliphatic hydroxyl groups is 4. The number of carbonyl (C=O) groups excluding carboxylic acids is 1. The zero-order chi connectivity index (χ0) is 48.2. The zero-order valence-electron chi connectivity index (χ0n) is 36.8. The second kappa shape index (κ2) is 19.6. The largest absolute Gasteiger partial charge is 0.481 e. The first kappa shape index (κ1) is 51.2. The maximum absolute atomic E-state index is 13.5. The van der Waals surface area contributed by atoms with E-state index in [1.165, 1.54) is 29.7 Å². The van der Waals surface area contributed by atoms with Gasteiger partial charge in [-0.1, -0.05) is 140 Å². The SMILES string of the molecule is CN(C)C(=O)[C@H]1[C@@H](O)[C@@]2(O)c3c(Cl)cncc3O[C@@]2(c2ccc(Br)cc2)[C@@H]1c1ccccc1.CNC.Cl.O=C(O)[C@H]1[C@@H](O)[C@@]2(O)c3c(Cl)cncc3O[C@@]2(c2ccc(Br)cc2)[C@@H]1c1ccccc1. The predicted molar refractivity (Wildman–Crippen MR) is 265 cm³/mol. The van der Waals surface area contributed by atoms with E-state index in [1.807, 2.05) is 74.8 Å². The Bertz CT molecular complexity index is 2800. The molecule has 2 aliphatic carbocycles. The molecule has 0 spiro atoms. The number of ether oxygens (including phenoxy) is 2. The fraction of sp³-hybridized carbons (Fsp3) is 0.280. The standard InChI is InChI=1S/C25H22BrClN2O4.C23H17BrClNO5.C2H7N.ClH/c1-29(2)23(31)19-20(14-6-4-3-5-7-14)25(15-8-10-16(26)11-9-15)24(32,22(19)30)21-17(27)12-28-13-18(21)33-25;24-14-8-6-13(7-9-14)23-18(12-4-2-1-3-5-12)17(21(28)29)20(27)22(23,30)19-15(25)10-26-11-16(19)31-23;1-3-2;/h3-13,19-20,22,30,32H,1-2H3;1-11,17-18,20,27,30H,(H,28,29);3H,1-2H3;1H/t19-,20-,22-,24+,25+;17-,18-,20-,22+,23+;;/m11../s1. The van der Waals surface area contributed by atoms with Crippen molar-refractivity contribution in [3.63, 3.8) is 0 Å². The monoisotopic (exact) mass is 1110 g/mol. The number of hydrogen-bond acceptors (Lipinski definition) is 11. The van der Waals surface area contributed by atoms with Gasteiger partial charge in [-0.25, -0.2) is 0 Å². The Hall–Kier alpha value is -4.65. The van der Waals surface area contributed by atoms with Crippen molar-refractivity contribution in [2.75, 3.05) is 28.2 Å². The van der Waals surface area contributed by atoms with Gasteiger partial charge in [0.25, 0.3) is 0 Å². The summed E-state index contributed by atoms with van der Waals surface area (Å²) in [5, 5.41) is 60.9. The minimum absolute atomic E-state index is 0. The van der Waals surface area contributed by atoms with E-state index in [2.05, 4.69) is 47.1 Å². The molecule has 4 heterocycles. The maximum atomic E-state index is 13.5. The Balaban J connectivity index is 0.000000188. The number of carbonyl (C=O) groups is 2. The van der Waals surface area contributed by atoms with Crippen LogP contribution < -0.4 is 14.8 Å². The van der Waals surface area contributed by atoms with Crippen molar-refractivity contribution in [1.29, 1.82) is 0 Å². The van der Waals surface area contributed by atoms with Crippen molar-refractivity contribution in [3.8, 4) is 11.5 Å². The summed E-state index contributed by atoms with van der Waals surface area (Å²) in [4.78, 5) is 35.5. The van der Waals surface area contributed by atoms with Crippen molar-refractivity contribution in [2.45, 2.75) is 46.4 Å². The molecule has 10 rings (SSSR count). The van der Waals surface area contributed by atoms with Crippen LogP contribution in [0.5, 0.6) is 11.5 Å². The third-order valence-corrected chi connectivity index (χ3v) is 14.8. The second-order valence-corrected chi connectivity index (χ2v) is 19.6. The van der Waals surface area contributed by atoms with E-state index in [9.17, 15) is 35.1 Å². The van der Waals surface area contributed by atoms with Gasteiger partial charge in [0.1, 0.15) is 23.7 Å². The van der Waals surface area contributed by atoms with Gasteiger partial charge >= 0.3 is 5.97 Å². The Morgan fingerprint density at radius 3 is 1.34 bits per heavy atom. The Morgan fingerprint density at radius 2 is 0.985 bits per heavy atom. The number of carboxylic acids is 1. The van der Waals surface area contributed by atoms with Crippen LogP contribution in [0.15, 0.2) is 143 Å². The van der Waals surface area contributed by atoms with Gasteiger partial charge in [0.2, 0.25) is 5.91 Å². The number of benzene rings is 4. The summed E-state index contributed by atoms with van der Waals surface area (Å²) in [6.45, 7) is 0. The fourth-order valence-electron chi connectivity index (χ4n) is 10.7. The zero-order valence-corrected chi connectivity index (χ0v) is 42.3. The van der Waals surface area contributed by atoms with E-state index in [0.29, 0.717) is 16.7 Å². The van der Waals surface area contributed by atoms with Crippen LogP contribution in [-0.4, -0.2) is 92.7 Å². The van der Waals surface area contributed by atoms with Crippen LogP contribution in [-0.2, 0) is 32.0 Å². The van der Waals surface area contributed by atoms with Gasteiger partial charge in [-0.3, -0.25) is 19.6 Å². The molecule has 2 saturated carbocycles. The number of halogens is 5. The van der Waals surface area contributed by atoms with Crippen LogP contribution in [0.1, 0.15) is 45.2 Å². The first-order valence-electron chi connectivity index (χ1n) is 21.1. The highest BCUT2D eigenvalue weighted by Gasteiger charge is 2.79. The molecule has 0 radical (unpaired) electrons. The van der Waals surface area contributed by atoms with Crippen molar-refractivity contribution >= 4 is 79.3 Å². The van der Waals surface area contributed by atoms with Crippen molar-refractivity contribution in [1.82, 2.24) is 20.2 Å². The van der Waals surface area contributed by atoms with Gasteiger partial charge in [-0.2, -0.15) is 0 Å². The smallest absolute Gasteiger partial charge is 0.310 e. The van der Waals surface area contributed by atoms with Gasteiger partial charge in [0.05, 0.1) is 45.4 Å². The van der Waals surface area contributed by atoms with Crippen LogP contribution in [0.3, 0.4) is 0 Å². The third kappa shape index (κ3) is 7.61. The molecule has 2 aliphatic heterocycles. The molecular weight excluding hydrogens is 1070 g/mol. The molecule has 68 heavy (non-hydrogen) atoms. The molecule has 6 N–H and O–H groups in total. The van der Waals surface area contributed by atoms with E-state index in [-0.39, 0.29) is 51.0 Å². The summed E-state index contributed by atoms with van der Waals surface area (Å²) in [6.07, 6.45) is 2.46. The van der Waals surface area contributed by atoms with Gasteiger partial charge in [-0.15, -0.1) is 12.4 Å². The van der Waals surface area contributed by atoms with Crippen LogP contribution >= 0.6 is 67.5 Å². The van der Waals surface area contributed by atoms with Crippen molar-refractivity contribution < 1.29 is 44.6 Å². The molecule has 2 aromatic heterocycles. The minimum Gasteiger partial charge on any atom is -0.481 e.